The molecule has 0 N–H and O–H groups in total. The van der Waals surface area contributed by atoms with E-state index < -0.39 is 0 Å². The van der Waals surface area contributed by atoms with Crippen molar-refractivity contribution in [2.45, 2.75) is 138 Å². The maximum absolute atomic E-state index is 7.37. The van der Waals surface area contributed by atoms with Crippen molar-refractivity contribution in [3.8, 4) is 11.1 Å². The van der Waals surface area contributed by atoms with Crippen LogP contribution in [0.25, 0.3) is 55.0 Å². The van der Waals surface area contributed by atoms with Gasteiger partial charge in [0.15, 0.2) is 5.58 Å². The van der Waals surface area contributed by atoms with Crippen LogP contribution < -0.4 is 31.1 Å². The van der Waals surface area contributed by atoms with Crippen molar-refractivity contribution in [1.29, 1.82) is 0 Å². The van der Waals surface area contributed by atoms with Gasteiger partial charge in [-0.3, -0.25) is 0 Å². The average Bonchev–Trinajstić information content (AvgIpc) is 1.32. The summed E-state index contributed by atoms with van der Waals surface area (Å²) in [6, 6.07) is 73.5. The number of anilines is 9. The molecule has 12 aromatic rings. The zero-order chi connectivity index (χ0) is 61.0. The highest BCUT2D eigenvalue weighted by atomic mass is 16.3. The summed E-state index contributed by atoms with van der Waals surface area (Å²) in [7, 11) is 0. The normalized spacial score (nSPS) is 13.7. The number of hydrogen-bond donors (Lipinski definition) is 0. The van der Waals surface area contributed by atoms with Gasteiger partial charge in [-0.25, -0.2) is 0 Å². The second-order valence-electron chi connectivity index (χ2n) is 29.9. The van der Waals surface area contributed by atoms with Crippen molar-refractivity contribution >= 4 is 118 Å². The van der Waals surface area contributed by atoms with E-state index in [0.717, 1.165) is 106 Å². The fraction of sp³-hybridized carbons (Fsp3) is 0.259. The van der Waals surface area contributed by atoms with E-state index in [4.69, 9.17) is 8.83 Å². The number of benzene rings is 10. The van der Waals surface area contributed by atoms with Gasteiger partial charge in [-0.05, 0) is 127 Å². The van der Waals surface area contributed by atoms with E-state index in [1.54, 1.807) is 0 Å². The maximum Gasteiger partial charge on any atom is 0.252 e. The van der Waals surface area contributed by atoms with Crippen LogP contribution >= 0.6 is 0 Å². The van der Waals surface area contributed by atoms with E-state index in [0.29, 0.717) is 0 Å². The Bertz CT molecular complexity index is 4750. The number of furan rings is 2. The zero-order valence-corrected chi connectivity index (χ0v) is 53.7. The highest BCUT2D eigenvalue weighted by Crippen LogP contribution is 2.53. The fourth-order valence-corrected chi connectivity index (χ4v) is 14.0. The first-order valence-corrected chi connectivity index (χ1v) is 31.3. The topological polar surface area (TPSA) is 36.0 Å². The summed E-state index contributed by atoms with van der Waals surface area (Å²) in [5.41, 5.74) is 26.2. The number of aryl methyl sites for hydroxylation is 1. The van der Waals surface area contributed by atoms with Gasteiger partial charge in [0, 0.05) is 77.9 Å². The van der Waals surface area contributed by atoms with E-state index in [9.17, 15) is 0 Å². The molecule has 0 fully saturated rings. The van der Waals surface area contributed by atoms with Crippen LogP contribution in [0.2, 0.25) is 0 Å². The molecule has 0 spiro atoms. The summed E-state index contributed by atoms with van der Waals surface area (Å²) < 4.78 is 14.6. The van der Waals surface area contributed by atoms with E-state index in [2.05, 4.69) is 320 Å². The third-order valence-electron chi connectivity index (χ3n) is 18.7. The Kier molecular flexibility index (Phi) is 12.7. The molecule has 0 radical (unpaired) electrons. The average molecular weight is 1140 g/mol. The fourth-order valence-electron chi connectivity index (χ4n) is 14.0. The Hall–Kier alpha value is -8.74. The van der Waals surface area contributed by atoms with Crippen LogP contribution in [0.1, 0.15) is 137 Å². The molecule has 14 rings (SSSR count). The molecule has 0 aliphatic carbocycles. The largest absolute Gasteiger partial charge is 0.455 e. The molecule has 6 heteroatoms. The van der Waals surface area contributed by atoms with Crippen molar-refractivity contribution in [3.05, 3.63) is 228 Å². The number of nitrogens with zero attached hydrogens (tertiary/aromatic N) is 3. The highest BCUT2D eigenvalue weighted by Gasteiger charge is 2.46. The minimum absolute atomic E-state index is 0.0343. The molecule has 0 bridgehead atoms. The van der Waals surface area contributed by atoms with E-state index in [-0.39, 0.29) is 33.8 Å². The van der Waals surface area contributed by atoms with Gasteiger partial charge in [0.1, 0.15) is 16.7 Å². The lowest BCUT2D eigenvalue weighted by Crippen LogP contribution is -2.61. The van der Waals surface area contributed by atoms with Crippen LogP contribution in [0.3, 0.4) is 0 Å². The van der Waals surface area contributed by atoms with Gasteiger partial charge in [0.25, 0.3) is 6.71 Å². The van der Waals surface area contributed by atoms with Crippen LogP contribution in [-0.4, -0.2) is 6.71 Å². The van der Waals surface area contributed by atoms with Gasteiger partial charge in [-0.15, -0.1) is 0 Å². The van der Waals surface area contributed by atoms with Gasteiger partial charge in [0.2, 0.25) is 0 Å². The molecule has 5 nitrogen and oxygen atoms in total. The zero-order valence-electron chi connectivity index (χ0n) is 53.7. The second kappa shape index (κ2) is 19.6. The third-order valence-corrected chi connectivity index (χ3v) is 18.7. The molecular formula is C81H80BN3O2. The Morgan fingerprint density at radius 1 is 0.345 bits per heavy atom. The molecule has 434 valence electrons. The molecule has 0 saturated carbocycles. The van der Waals surface area contributed by atoms with Gasteiger partial charge < -0.3 is 23.5 Å². The molecule has 0 amide bonds. The molecule has 0 unspecified atom stereocenters. The van der Waals surface area contributed by atoms with Gasteiger partial charge in [-0.2, -0.15) is 0 Å². The van der Waals surface area contributed by atoms with Crippen molar-refractivity contribution in [2.24, 2.45) is 0 Å². The van der Waals surface area contributed by atoms with Crippen LogP contribution in [0, 0.1) is 6.92 Å². The predicted molar refractivity (Wildman–Crippen MR) is 373 cm³/mol. The minimum atomic E-state index is -0.144. The Labute approximate surface area is 515 Å². The summed E-state index contributed by atoms with van der Waals surface area (Å²) >= 11 is 0. The van der Waals surface area contributed by atoms with Crippen LogP contribution in [0.15, 0.2) is 203 Å². The summed E-state index contributed by atoms with van der Waals surface area (Å²) in [6.07, 6.45) is 0. The monoisotopic (exact) mass is 1140 g/mol. The number of hydrogen-bond acceptors (Lipinski definition) is 5. The summed E-state index contributed by atoms with van der Waals surface area (Å²) in [5.74, 6) is 0. The summed E-state index contributed by atoms with van der Waals surface area (Å²) in [5, 5.41) is 4.45. The predicted octanol–water partition coefficient (Wildman–Crippen LogP) is 21.5. The second-order valence-corrected chi connectivity index (χ2v) is 29.9. The SMILES string of the molecule is Cc1ccccc1N(c1cc2c3c(c1)N(c1ccccc1-c1cccc4c1oc1c(C(C)(C)C)cccc14)c1ccc(C(C)(C)C)cc1B3c1cc(C(C)(C)C)ccc1N2c1ccc(C(C)(C)C)cc1)c1cccc2c1oc1c(C(C)(C)C)cccc12. The maximum atomic E-state index is 7.37. The summed E-state index contributed by atoms with van der Waals surface area (Å²) in [4.78, 5) is 7.65. The Morgan fingerprint density at radius 3 is 1.36 bits per heavy atom. The molecule has 0 atom stereocenters. The molecule has 87 heavy (non-hydrogen) atoms. The van der Waals surface area contributed by atoms with Crippen molar-refractivity contribution in [3.63, 3.8) is 0 Å². The number of para-hydroxylation sites is 6. The van der Waals surface area contributed by atoms with Gasteiger partial charge in [0.05, 0.1) is 17.1 Å². The minimum Gasteiger partial charge on any atom is -0.455 e. The lowest BCUT2D eigenvalue weighted by Gasteiger charge is -2.46. The van der Waals surface area contributed by atoms with E-state index in [1.807, 2.05) is 0 Å². The van der Waals surface area contributed by atoms with Gasteiger partial charge >= 0.3 is 0 Å². The molecule has 10 aromatic carbocycles. The van der Waals surface area contributed by atoms with Gasteiger partial charge in [-0.1, -0.05) is 243 Å². The molecule has 2 aliphatic heterocycles. The van der Waals surface area contributed by atoms with Crippen molar-refractivity contribution in [2.75, 3.05) is 14.7 Å². The molecule has 2 aliphatic rings. The Morgan fingerprint density at radius 2 is 0.793 bits per heavy atom. The van der Waals surface area contributed by atoms with Crippen molar-refractivity contribution in [1.82, 2.24) is 0 Å². The summed E-state index contributed by atoms with van der Waals surface area (Å²) in [6.45, 7) is 36.7. The molecule has 2 aromatic heterocycles. The lowest BCUT2D eigenvalue weighted by molar-refractivity contribution is 0.572. The third kappa shape index (κ3) is 9.10. The van der Waals surface area contributed by atoms with E-state index in [1.165, 1.54) is 49.9 Å². The highest BCUT2D eigenvalue weighted by molar-refractivity contribution is 7.00. The first-order valence-electron chi connectivity index (χ1n) is 31.3. The molecule has 0 saturated heterocycles. The molecular weight excluding hydrogens is 1060 g/mol. The first kappa shape index (κ1) is 56.1. The molecule has 4 heterocycles. The van der Waals surface area contributed by atoms with Crippen LogP contribution in [0.4, 0.5) is 51.2 Å². The quantitative estimate of drug-likeness (QED) is 0.155. The first-order chi connectivity index (χ1) is 41.3. The lowest BCUT2D eigenvalue weighted by atomic mass is 9.33. The Balaban J connectivity index is 1.14. The van der Waals surface area contributed by atoms with Crippen LogP contribution in [-0.2, 0) is 27.1 Å². The van der Waals surface area contributed by atoms with E-state index >= 15 is 0 Å². The number of rotatable bonds is 6. The number of fused-ring (bicyclic) bond motifs is 10. The van der Waals surface area contributed by atoms with Crippen LogP contribution in [0.5, 0.6) is 0 Å². The van der Waals surface area contributed by atoms with Crippen molar-refractivity contribution < 1.29 is 8.83 Å². The standard InChI is InChI=1S/C81H80BN3O2/c1-49-25-17-19-34-65(49)84(69-36-24-31-60-59-30-23-33-62(81(14,15)16)75(59)87-76(60)69)54-47-70-72-71(48-54)85(66-35-20-18-26-55(66)56-27-21-28-57-58-29-22-32-61(80(11,12)13)74(58)86-73(56)57)68-44-40-52(79(8,9)10)46-64(68)82(72)63-45-51(78(5,6)7)39-43-67(63)83(70)53-41-37-50(38-42-53)77(2,3)4/h17-48H,1-16H3. The smallest absolute Gasteiger partial charge is 0.252 e.